The SMILES string of the molecule is COCCOCCOC(F)(F)C(F)(F)Oc1ccc(-c2ccccc2)cc1. The fourth-order valence-electron chi connectivity index (χ4n) is 2.11. The van der Waals surface area contributed by atoms with Crippen molar-refractivity contribution >= 4 is 0 Å². The van der Waals surface area contributed by atoms with Crippen LogP contribution in [0.15, 0.2) is 54.6 Å². The van der Waals surface area contributed by atoms with Crippen molar-refractivity contribution in [3.8, 4) is 16.9 Å². The Balaban J connectivity index is 1.91. The second-order valence-corrected chi connectivity index (χ2v) is 5.48. The number of halogens is 4. The summed E-state index contributed by atoms with van der Waals surface area (Å²) >= 11 is 0. The minimum Gasteiger partial charge on any atom is -0.426 e. The molecule has 0 saturated heterocycles. The Labute approximate surface area is 154 Å². The normalized spacial score (nSPS) is 12.2. The number of alkyl halides is 4. The number of ether oxygens (including phenoxy) is 4. The Morgan fingerprint density at radius 2 is 1.30 bits per heavy atom. The highest BCUT2D eigenvalue weighted by atomic mass is 19.3. The third kappa shape index (κ3) is 6.20. The van der Waals surface area contributed by atoms with Crippen LogP contribution < -0.4 is 4.74 Å². The largest absolute Gasteiger partial charge is 0.494 e. The predicted octanol–water partition coefficient (Wildman–Crippen LogP) is 4.60. The van der Waals surface area contributed by atoms with Crippen LogP contribution in [-0.4, -0.2) is 45.8 Å². The van der Waals surface area contributed by atoms with E-state index in [1.807, 2.05) is 30.3 Å². The number of methoxy groups -OCH3 is 1. The summed E-state index contributed by atoms with van der Waals surface area (Å²) in [6.45, 7) is -0.593. The Bertz CT molecular complexity index is 678. The summed E-state index contributed by atoms with van der Waals surface area (Å²) in [5.74, 6) is -0.403. The molecule has 0 amide bonds. The Hall–Kier alpha value is -2.16. The van der Waals surface area contributed by atoms with Crippen LogP contribution in [0.25, 0.3) is 11.1 Å². The quantitative estimate of drug-likeness (QED) is 0.417. The molecule has 2 rings (SSSR count). The molecule has 0 atom stereocenters. The van der Waals surface area contributed by atoms with Crippen LogP contribution >= 0.6 is 0 Å². The van der Waals surface area contributed by atoms with E-state index in [9.17, 15) is 17.6 Å². The predicted molar refractivity (Wildman–Crippen MR) is 91.0 cm³/mol. The van der Waals surface area contributed by atoms with Gasteiger partial charge in [-0.05, 0) is 23.3 Å². The van der Waals surface area contributed by atoms with Gasteiger partial charge in [0.15, 0.2) is 0 Å². The van der Waals surface area contributed by atoms with Crippen molar-refractivity contribution < 1.29 is 36.5 Å². The highest BCUT2D eigenvalue weighted by Crippen LogP contribution is 2.37. The Morgan fingerprint density at radius 1 is 0.704 bits per heavy atom. The molecule has 0 aromatic heterocycles. The van der Waals surface area contributed by atoms with Gasteiger partial charge >= 0.3 is 12.2 Å². The van der Waals surface area contributed by atoms with Gasteiger partial charge in [-0.3, -0.25) is 0 Å². The van der Waals surface area contributed by atoms with Gasteiger partial charge in [0, 0.05) is 7.11 Å². The van der Waals surface area contributed by atoms with Gasteiger partial charge in [0.25, 0.3) is 0 Å². The molecule has 0 unspecified atom stereocenters. The van der Waals surface area contributed by atoms with Crippen molar-refractivity contribution in [1.29, 1.82) is 0 Å². The van der Waals surface area contributed by atoms with Gasteiger partial charge < -0.3 is 18.9 Å². The zero-order chi connectivity index (χ0) is 19.8. The molecule has 27 heavy (non-hydrogen) atoms. The van der Waals surface area contributed by atoms with Crippen molar-refractivity contribution in [2.24, 2.45) is 0 Å². The van der Waals surface area contributed by atoms with Crippen molar-refractivity contribution in [2.45, 2.75) is 12.2 Å². The summed E-state index contributed by atoms with van der Waals surface area (Å²) in [4.78, 5) is 0. The standard InChI is InChI=1S/C19H20F4O4/c1-24-11-12-25-13-14-26-18(20,21)19(22,23)27-17-9-7-16(8-10-17)15-5-3-2-4-6-15/h2-10H,11-14H2,1H3. The molecule has 0 aliphatic carbocycles. The molecule has 148 valence electrons. The third-order valence-electron chi connectivity index (χ3n) is 3.49. The summed E-state index contributed by atoms with van der Waals surface area (Å²) in [6, 6.07) is 14.6. The van der Waals surface area contributed by atoms with Gasteiger partial charge in [-0.1, -0.05) is 42.5 Å². The zero-order valence-electron chi connectivity index (χ0n) is 14.7. The molecule has 2 aromatic carbocycles. The van der Waals surface area contributed by atoms with Crippen LogP contribution in [-0.2, 0) is 14.2 Å². The van der Waals surface area contributed by atoms with E-state index < -0.39 is 24.6 Å². The van der Waals surface area contributed by atoms with Gasteiger partial charge in [0.05, 0.1) is 26.4 Å². The average molecular weight is 388 g/mol. The minimum atomic E-state index is -4.84. The van der Waals surface area contributed by atoms with E-state index in [2.05, 4.69) is 9.47 Å². The zero-order valence-corrected chi connectivity index (χ0v) is 14.7. The topological polar surface area (TPSA) is 36.9 Å². The van der Waals surface area contributed by atoms with Crippen LogP contribution in [0, 0.1) is 0 Å². The second-order valence-electron chi connectivity index (χ2n) is 5.48. The van der Waals surface area contributed by atoms with Crippen LogP contribution in [0.3, 0.4) is 0 Å². The van der Waals surface area contributed by atoms with E-state index in [0.717, 1.165) is 11.1 Å². The first kappa shape index (κ1) is 21.1. The number of hydrogen-bond acceptors (Lipinski definition) is 4. The number of benzene rings is 2. The molecule has 0 bridgehead atoms. The summed E-state index contributed by atoms with van der Waals surface area (Å²) in [5.41, 5.74) is 1.60. The highest BCUT2D eigenvalue weighted by molar-refractivity contribution is 5.63. The molecule has 8 heteroatoms. The van der Waals surface area contributed by atoms with Gasteiger partial charge in [-0.2, -0.15) is 17.6 Å². The molecule has 0 spiro atoms. The van der Waals surface area contributed by atoms with E-state index in [0.29, 0.717) is 0 Å². The van der Waals surface area contributed by atoms with Gasteiger partial charge in [0.2, 0.25) is 0 Å². The first-order chi connectivity index (χ1) is 12.9. The Morgan fingerprint density at radius 3 is 1.93 bits per heavy atom. The molecule has 4 nitrogen and oxygen atoms in total. The summed E-state index contributed by atoms with van der Waals surface area (Å²) in [6.07, 6.45) is -9.65. The lowest BCUT2D eigenvalue weighted by Crippen LogP contribution is -2.47. The molecule has 0 radical (unpaired) electrons. The van der Waals surface area contributed by atoms with Crippen molar-refractivity contribution in [2.75, 3.05) is 33.5 Å². The lowest BCUT2D eigenvalue weighted by atomic mass is 10.1. The smallest absolute Gasteiger partial charge is 0.426 e. The van der Waals surface area contributed by atoms with Crippen molar-refractivity contribution in [3.63, 3.8) is 0 Å². The molecule has 0 N–H and O–H groups in total. The molecule has 0 heterocycles. The maximum absolute atomic E-state index is 13.8. The van der Waals surface area contributed by atoms with Gasteiger partial charge in [-0.25, -0.2) is 0 Å². The first-order valence-corrected chi connectivity index (χ1v) is 8.16. The van der Waals surface area contributed by atoms with Crippen molar-refractivity contribution in [3.05, 3.63) is 54.6 Å². The third-order valence-corrected chi connectivity index (χ3v) is 3.49. The van der Waals surface area contributed by atoms with E-state index in [-0.39, 0.29) is 19.8 Å². The molecule has 0 aliphatic heterocycles. The molecular formula is C19H20F4O4. The number of hydrogen-bond donors (Lipinski definition) is 0. The molecule has 0 fully saturated rings. The lowest BCUT2D eigenvalue weighted by Gasteiger charge is -2.26. The molecule has 2 aromatic rings. The summed E-state index contributed by atoms with van der Waals surface area (Å²) in [5, 5.41) is 0. The fourth-order valence-corrected chi connectivity index (χ4v) is 2.11. The fraction of sp³-hybridized carbons (Fsp3) is 0.368. The van der Waals surface area contributed by atoms with Gasteiger partial charge in [-0.15, -0.1) is 0 Å². The van der Waals surface area contributed by atoms with E-state index in [1.54, 1.807) is 0 Å². The van der Waals surface area contributed by atoms with Crippen LogP contribution in [0.5, 0.6) is 5.75 Å². The summed E-state index contributed by atoms with van der Waals surface area (Å²) in [7, 11) is 1.44. The van der Waals surface area contributed by atoms with Crippen LogP contribution in [0.1, 0.15) is 0 Å². The van der Waals surface area contributed by atoms with E-state index >= 15 is 0 Å². The second kappa shape index (κ2) is 9.68. The number of rotatable bonds is 11. The highest BCUT2D eigenvalue weighted by Gasteiger charge is 2.61. The lowest BCUT2D eigenvalue weighted by molar-refractivity contribution is -0.408. The monoisotopic (exact) mass is 388 g/mol. The average Bonchev–Trinajstić information content (AvgIpc) is 2.65. The van der Waals surface area contributed by atoms with E-state index in [4.69, 9.17) is 9.47 Å². The minimum absolute atomic E-state index is 0.145. The van der Waals surface area contributed by atoms with Crippen LogP contribution in [0.4, 0.5) is 17.6 Å². The van der Waals surface area contributed by atoms with E-state index in [1.165, 1.54) is 31.4 Å². The maximum Gasteiger partial charge on any atom is 0.494 e. The van der Waals surface area contributed by atoms with Gasteiger partial charge in [0.1, 0.15) is 5.75 Å². The first-order valence-electron chi connectivity index (χ1n) is 8.16. The molecule has 0 aliphatic rings. The van der Waals surface area contributed by atoms with Crippen molar-refractivity contribution in [1.82, 2.24) is 0 Å². The molecular weight excluding hydrogens is 368 g/mol. The summed E-state index contributed by atoms with van der Waals surface area (Å²) < 4.78 is 72.6. The van der Waals surface area contributed by atoms with Crippen LogP contribution in [0.2, 0.25) is 0 Å². The Kier molecular flexibility index (Phi) is 7.58. The molecule has 0 saturated carbocycles. The maximum atomic E-state index is 13.8.